The Kier molecular flexibility index (Phi) is 4.43. The molecule has 1 aromatic rings. The molecule has 2 rings (SSSR count). The van der Waals surface area contributed by atoms with Gasteiger partial charge >= 0.3 is 0 Å². The van der Waals surface area contributed by atoms with Crippen molar-refractivity contribution in [2.45, 2.75) is 37.6 Å². The van der Waals surface area contributed by atoms with Crippen LogP contribution in [0.2, 0.25) is 0 Å². The van der Waals surface area contributed by atoms with Crippen LogP contribution in [0.15, 0.2) is 24.3 Å². The van der Waals surface area contributed by atoms with Crippen LogP contribution in [-0.4, -0.2) is 30.3 Å². The fourth-order valence-electron chi connectivity index (χ4n) is 2.69. The van der Waals surface area contributed by atoms with Gasteiger partial charge in [-0.2, -0.15) is 0 Å². The Labute approximate surface area is 113 Å². The van der Waals surface area contributed by atoms with E-state index >= 15 is 0 Å². The second-order valence-electron chi connectivity index (χ2n) is 5.15. The Morgan fingerprint density at radius 2 is 2.00 bits per heavy atom. The summed E-state index contributed by atoms with van der Waals surface area (Å²) in [5.74, 6) is 0.386. The summed E-state index contributed by atoms with van der Waals surface area (Å²) < 4.78 is 5.20. The van der Waals surface area contributed by atoms with Crippen molar-refractivity contribution in [2.24, 2.45) is 0 Å². The highest BCUT2D eigenvalue weighted by Gasteiger charge is 2.33. The number of rotatable bonds is 4. The van der Waals surface area contributed by atoms with Crippen molar-refractivity contribution in [2.75, 3.05) is 13.7 Å². The number of benzene rings is 1. The van der Waals surface area contributed by atoms with Crippen molar-refractivity contribution in [3.63, 3.8) is 0 Å². The third-order valence-electron chi connectivity index (χ3n) is 3.84. The van der Waals surface area contributed by atoms with Crippen molar-refractivity contribution in [3.8, 4) is 5.75 Å². The molecule has 1 aromatic carbocycles. The van der Waals surface area contributed by atoms with Crippen molar-refractivity contribution in [1.29, 1.82) is 0 Å². The molecular weight excluding hydrogens is 242 g/mol. The van der Waals surface area contributed by atoms with Gasteiger partial charge in [0.1, 0.15) is 5.75 Å². The lowest BCUT2D eigenvalue weighted by Crippen LogP contribution is -2.52. The minimum atomic E-state index is -0.462. The first-order valence-electron chi connectivity index (χ1n) is 6.77. The number of aliphatic hydroxyl groups is 1. The van der Waals surface area contributed by atoms with E-state index in [1.165, 1.54) is 6.42 Å². The van der Waals surface area contributed by atoms with E-state index in [1.54, 1.807) is 19.2 Å². The van der Waals surface area contributed by atoms with Gasteiger partial charge in [0.2, 0.25) is 0 Å². The molecule has 0 radical (unpaired) electrons. The molecule has 1 amide bonds. The zero-order valence-electron chi connectivity index (χ0n) is 11.3. The molecule has 1 fully saturated rings. The fourth-order valence-corrected chi connectivity index (χ4v) is 2.69. The van der Waals surface area contributed by atoms with E-state index < -0.39 is 5.54 Å². The molecule has 0 aromatic heterocycles. The standard InChI is InChI=1S/C15H21NO3/c1-19-13-8-4-3-7-12(13)14(18)16-15(11-17)9-5-2-6-10-15/h3-4,7-8,17H,2,5-6,9-11H2,1H3,(H,16,18). The summed E-state index contributed by atoms with van der Waals surface area (Å²) in [6.45, 7) is -0.00606. The zero-order chi connectivity index (χ0) is 13.7. The van der Waals surface area contributed by atoms with Crippen LogP contribution in [-0.2, 0) is 0 Å². The maximum Gasteiger partial charge on any atom is 0.255 e. The Hall–Kier alpha value is -1.55. The smallest absolute Gasteiger partial charge is 0.255 e. The zero-order valence-corrected chi connectivity index (χ0v) is 11.3. The Morgan fingerprint density at radius 1 is 1.32 bits per heavy atom. The van der Waals surface area contributed by atoms with Crippen molar-refractivity contribution < 1.29 is 14.6 Å². The number of carbonyl (C=O) groups excluding carboxylic acids is 1. The molecule has 19 heavy (non-hydrogen) atoms. The second kappa shape index (κ2) is 6.06. The van der Waals surface area contributed by atoms with E-state index in [0.717, 1.165) is 25.7 Å². The Balaban J connectivity index is 2.15. The number of methoxy groups -OCH3 is 1. The lowest BCUT2D eigenvalue weighted by Gasteiger charge is -2.36. The summed E-state index contributed by atoms with van der Waals surface area (Å²) >= 11 is 0. The summed E-state index contributed by atoms with van der Waals surface area (Å²) in [4.78, 5) is 12.4. The lowest BCUT2D eigenvalue weighted by molar-refractivity contribution is 0.0756. The first kappa shape index (κ1) is 13.9. The van der Waals surface area contributed by atoms with E-state index in [9.17, 15) is 9.90 Å². The van der Waals surface area contributed by atoms with Gasteiger partial charge in [0.25, 0.3) is 5.91 Å². The first-order chi connectivity index (χ1) is 9.21. The van der Waals surface area contributed by atoms with Gasteiger partial charge in [0, 0.05) is 0 Å². The normalized spacial score (nSPS) is 17.8. The predicted molar refractivity (Wildman–Crippen MR) is 73.4 cm³/mol. The van der Waals surface area contributed by atoms with Crippen LogP contribution in [0, 0.1) is 0 Å². The minimum absolute atomic E-state index is 0.00606. The highest BCUT2D eigenvalue weighted by atomic mass is 16.5. The molecule has 104 valence electrons. The van der Waals surface area contributed by atoms with Gasteiger partial charge in [-0.3, -0.25) is 4.79 Å². The maximum atomic E-state index is 12.4. The molecule has 0 spiro atoms. The number of aliphatic hydroxyl groups excluding tert-OH is 1. The third kappa shape index (κ3) is 3.07. The van der Waals surface area contributed by atoms with Crippen LogP contribution in [0.3, 0.4) is 0 Å². The Bertz CT molecular complexity index is 439. The van der Waals surface area contributed by atoms with E-state index in [4.69, 9.17) is 4.74 Å². The number of para-hydroxylation sites is 1. The Morgan fingerprint density at radius 3 is 2.63 bits per heavy atom. The molecule has 4 nitrogen and oxygen atoms in total. The molecule has 1 saturated carbocycles. The molecule has 0 atom stereocenters. The molecule has 0 unspecified atom stereocenters. The van der Waals surface area contributed by atoms with Crippen molar-refractivity contribution >= 4 is 5.91 Å². The molecule has 0 heterocycles. The van der Waals surface area contributed by atoms with Crippen LogP contribution in [0.25, 0.3) is 0 Å². The van der Waals surface area contributed by atoms with Gasteiger partial charge in [0.05, 0.1) is 24.8 Å². The highest BCUT2D eigenvalue weighted by molar-refractivity contribution is 5.97. The van der Waals surface area contributed by atoms with E-state index in [1.807, 2.05) is 12.1 Å². The quantitative estimate of drug-likeness (QED) is 0.874. The molecule has 0 saturated heterocycles. The van der Waals surface area contributed by atoms with E-state index in [2.05, 4.69) is 5.32 Å². The average Bonchev–Trinajstić information content (AvgIpc) is 2.48. The highest BCUT2D eigenvalue weighted by Crippen LogP contribution is 2.28. The van der Waals surface area contributed by atoms with Gasteiger partial charge in [-0.1, -0.05) is 31.4 Å². The monoisotopic (exact) mass is 263 g/mol. The van der Waals surface area contributed by atoms with Crippen LogP contribution >= 0.6 is 0 Å². The van der Waals surface area contributed by atoms with Gasteiger partial charge in [-0.15, -0.1) is 0 Å². The van der Waals surface area contributed by atoms with Crippen LogP contribution in [0.5, 0.6) is 5.75 Å². The number of hydrogen-bond acceptors (Lipinski definition) is 3. The minimum Gasteiger partial charge on any atom is -0.496 e. The second-order valence-corrected chi connectivity index (χ2v) is 5.15. The van der Waals surface area contributed by atoms with Crippen LogP contribution in [0.4, 0.5) is 0 Å². The molecule has 0 bridgehead atoms. The largest absolute Gasteiger partial charge is 0.496 e. The lowest BCUT2D eigenvalue weighted by atomic mass is 9.82. The molecule has 1 aliphatic carbocycles. The molecule has 2 N–H and O–H groups in total. The van der Waals surface area contributed by atoms with E-state index in [-0.39, 0.29) is 12.5 Å². The first-order valence-corrected chi connectivity index (χ1v) is 6.77. The number of nitrogens with one attached hydrogen (secondary N) is 1. The molecule has 0 aliphatic heterocycles. The summed E-state index contributed by atoms with van der Waals surface area (Å²) in [5.41, 5.74) is 0.0549. The molecule has 4 heteroatoms. The number of hydrogen-bond donors (Lipinski definition) is 2. The summed E-state index contributed by atoms with van der Waals surface area (Å²) in [5, 5.41) is 12.6. The summed E-state index contributed by atoms with van der Waals surface area (Å²) in [6, 6.07) is 7.14. The SMILES string of the molecule is COc1ccccc1C(=O)NC1(CO)CCCCC1. The summed E-state index contributed by atoms with van der Waals surface area (Å²) in [6.07, 6.45) is 4.95. The maximum absolute atomic E-state index is 12.4. The van der Waals surface area contributed by atoms with Gasteiger partial charge < -0.3 is 15.2 Å². The predicted octanol–water partition coefficient (Wildman–Crippen LogP) is 2.12. The summed E-state index contributed by atoms with van der Waals surface area (Å²) in [7, 11) is 1.55. The van der Waals surface area contributed by atoms with Gasteiger partial charge in [-0.05, 0) is 25.0 Å². The number of carbonyl (C=O) groups is 1. The number of ether oxygens (including phenoxy) is 1. The topological polar surface area (TPSA) is 58.6 Å². The fraction of sp³-hybridized carbons (Fsp3) is 0.533. The van der Waals surface area contributed by atoms with Crippen LogP contribution in [0.1, 0.15) is 42.5 Å². The average molecular weight is 263 g/mol. The molecular formula is C15H21NO3. The van der Waals surface area contributed by atoms with E-state index in [0.29, 0.717) is 11.3 Å². The van der Waals surface area contributed by atoms with Gasteiger partial charge in [-0.25, -0.2) is 0 Å². The van der Waals surface area contributed by atoms with Crippen LogP contribution < -0.4 is 10.1 Å². The van der Waals surface area contributed by atoms with Gasteiger partial charge in [0.15, 0.2) is 0 Å². The van der Waals surface area contributed by atoms with Crippen molar-refractivity contribution in [1.82, 2.24) is 5.32 Å². The third-order valence-corrected chi connectivity index (χ3v) is 3.84. The van der Waals surface area contributed by atoms with Crippen molar-refractivity contribution in [3.05, 3.63) is 29.8 Å². The number of amides is 1. The molecule has 1 aliphatic rings.